The maximum atomic E-state index is 5.30. The van der Waals surface area contributed by atoms with Crippen molar-refractivity contribution in [1.29, 1.82) is 0 Å². The normalized spacial score (nSPS) is 10.2. The van der Waals surface area contributed by atoms with Gasteiger partial charge in [-0.2, -0.15) is 11.8 Å². The molecule has 2 N–H and O–H groups in total. The molecule has 3 nitrogen and oxygen atoms in total. The first-order valence-electron chi connectivity index (χ1n) is 7.95. The predicted molar refractivity (Wildman–Crippen MR) is 108 cm³/mol. The quantitative estimate of drug-likeness (QED) is 0.551. The molecule has 0 aliphatic rings. The molecule has 0 atom stereocenters. The fourth-order valence-electron chi connectivity index (χ4n) is 2.10. The summed E-state index contributed by atoms with van der Waals surface area (Å²) >= 11 is 7.21. The Bertz CT molecular complexity index is 627. The van der Waals surface area contributed by atoms with E-state index in [4.69, 9.17) is 17.0 Å². The van der Waals surface area contributed by atoms with Gasteiger partial charge in [0, 0.05) is 24.6 Å². The van der Waals surface area contributed by atoms with E-state index in [2.05, 4.69) is 41.8 Å². The second kappa shape index (κ2) is 10.2. The minimum Gasteiger partial charge on any atom is -0.497 e. The first-order chi connectivity index (χ1) is 11.7. The molecule has 0 aliphatic heterocycles. The minimum atomic E-state index is 0.696. The Morgan fingerprint density at radius 2 is 1.67 bits per heavy atom. The molecule has 24 heavy (non-hydrogen) atoms. The maximum Gasteiger partial charge on any atom is 0.166 e. The van der Waals surface area contributed by atoms with Crippen LogP contribution in [0.5, 0.6) is 5.75 Å². The molecule has 0 saturated heterocycles. The molecule has 2 aromatic rings. The van der Waals surface area contributed by atoms with E-state index < -0.39 is 0 Å². The van der Waals surface area contributed by atoms with Crippen molar-refractivity contribution in [3.63, 3.8) is 0 Å². The van der Waals surface area contributed by atoms with Crippen molar-refractivity contribution in [2.24, 2.45) is 0 Å². The standard InChI is InChI=1S/C19H24N2OS2/c1-15-3-5-17(6-4-15)14-24-12-11-20-19(23)21-13-16-7-9-18(22-2)10-8-16/h3-10H,11-14H2,1-2H3,(H2,20,21,23). The van der Waals surface area contributed by atoms with Crippen LogP contribution in [-0.4, -0.2) is 24.5 Å². The molecule has 0 aromatic heterocycles. The molecular weight excluding hydrogens is 336 g/mol. The summed E-state index contributed by atoms with van der Waals surface area (Å²) in [4.78, 5) is 0. The Balaban J connectivity index is 1.56. The lowest BCUT2D eigenvalue weighted by atomic mass is 10.2. The average molecular weight is 361 g/mol. The summed E-state index contributed by atoms with van der Waals surface area (Å²) in [5, 5.41) is 7.16. The fraction of sp³-hybridized carbons (Fsp3) is 0.316. The SMILES string of the molecule is COc1ccc(CNC(=S)NCCSCc2ccc(C)cc2)cc1. The molecule has 0 heterocycles. The van der Waals surface area contributed by atoms with Crippen LogP contribution in [0.15, 0.2) is 48.5 Å². The predicted octanol–water partition coefficient (Wildman–Crippen LogP) is 3.90. The summed E-state index contributed by atoms with van der Waals surface area (Å²) in [5.41, 5.74) is 3.85. The Morgan fingerprint density at radius 3 is 2.33 bits per heavy atom. The number of thioether (sulfide) groups is 1. The number of hydrogen-bond donors (Lipinski definition) is 2. The van der Waals surface area contributed by atoms with Crippen molar-refractivity contribution in [1.82, 2.24) is 10.6 Å². The van der Waals surface area contributed by atoms with Gasteiger partial charge in [-0.05, 0) is 42.4 Å². The second-order valence-electron chi connectivity index (χ2n) is 5.50. The van der Waals surface area contributed by atoms with Gasteiger partial charge >= 0.3 is 0 Å². The van der Waals surface area contributed by atoms with Crippen LogP contribution in [0, 0.1) is 6.92 Å². The van der Waals surface area contributed by atoms with Crippen LogP contribution in [0.2, 0.25) is 0 Å². The summed E-state index contributed by atoms with van der Waals surface area (Å²) in [6.07, 6.45) is 0. The highest BCUT2D eigenvalue weighted by Gasteiger charge is 1.98. The lowest BCUT2D eigenvalue weighted by molar-refractivity contribution is 0.414. The summed E-state index contributed by atoms with van der Waals surface area (Å²) in [7, 11) is 1.67. The van der Waals surface area contributed by atoms with E-state index in [0.29, 0.717) is 11.7 Å². The fourth-order valence-corrected chi connectivity index (χ4v) is 3.09. The van der Waals surface area contributed by atoms with E-state index in [1.54, 1.807) is 7.11 Å². The number of benzene rings is 2. The van der Waals surface area contributed by atoms with Crippen LogP contribution in [0.4, 0.5) is 0 Å². The first-order valence-corrected chi connectivity index (χ1v) is 9.51. The molecule has 0 bridgehead atoms. The lowest BCUT2D eigenvalue weighted by Gasteiger charge is -2.11. The number of methoxy groups -OCH3 is 1. The molecule has 2 rings (SSSR count). The van der Waals surface area contributed by atoms with Crippen LogP contribution in [0.1, 0.15) is 16.7 Å². The Labute approximate surface area is 154 Å². The van der Waals surface area contributed by atoms with Crippen LogP contribution in [0.25, 0.3) is 0 Å². The zero-order chi connectivity index (χ0) is 17.2. The van der Waals surface area contributed by atoms with Gasteiger partial charge in [-0.25, -0.2) is 0 Å². The van der Waals surface area contributed by atoms with Crippen molar-refractivity contribution < 1.29 is 4.74 Å². The second-order valence-corrected chi connectivity index (χ2v) is 7.01. The summed E-state index contributed by atoms with van der Waals surface area (Å²) in [5.74, 6) is 2.93. The van der Waals surface area contributed by atoms with Gasteiger partial charge in [0.25, 0.3) is 0 Å². The molecule has 0 unspecified atom stereocenters. The van der Waals surface area contributed by atoms with E-state index in [9.17, 15) is 0 Å². The third kappa shape index (κ3) is 6.81. The number of ether oxygens (including phenoxy) is 1. The third-order valence-electron chi connectivity index (χ3n) is 3.53. The Morgan fingerprint density at radius 1 is 1.00 bits per heavy atom. The van der Waals surface area contributed by atoms with E-state index in [1.165, 1.54) is 16.7 Å². The lowest BCUT2D eigenvalue weighted by Crippen LogP contribution is -2.36. The van der Waals surface area contributed by atoms with Crippen molar-refractivity contribution in [3.8, 4) is 5.75 Å². The number of aryl methyl sites for hydroxylation is 1. The number of hydrogen-bond acceptors (Lipinski definition) is 3. The Kier molecular flexibility index (Phi) is 7.92. The summed E-state index contributed by atoms with van der Waals surface area (Å²) < 4.78 is 5.15. The van der Waals surface area contributed by atoms with E-state index in [1.807, 2.05) is 36.0 Å². The molecule has 0 spiro atoms. The monoisotopic (exact) mass is 360 g/mol. The molecule has 0 saturated carbocycles. The topological polar surface area (TPSA) is 33.3 Å². The van der Waals surface area contributed by atoms with Gasteiger partial charge in [-0.1, -0.05) is 42.0 Å². The molecule has 5 heteroatoms. The summed E-state index contributed by atoms with van der Waals surface area (Å²) in [6, 6.07) is 16.7. The van der Waals surface area contributed by atoms with Crippen molar-refractivity contribution in [2.75, 3.05) is 19.4 Å². The molecule has 0 fully saturated rings. The van der Waals surface area contributed by atoms with E-state index in [-0.39, 0.29) is 0 Å². The Hall–Kier alpha value is -1.72. The van der Waals surface area contributed by atoms with Gasteiger partial charge in [-0.3, -0.25) is 0 Å². The van der Waals surface area contributed by atoms with Crippen molar-refractivity contribution in [2.45, 2.75) is 19.2 Å². The highest BCUT2D eigenvalue weighted by atomic mass is 32.2. The van der Waals surface area contributed by atoms with Crippen LogP contribution in [0.3, 0.4) is 0 Å². The zero-order valence-electron chi connectivity index (χ0n) is 14.2. The highest BCUT2D eigenvalue weighted by molar-refractivity contribution is 7.98. The van der Waals surface area contributed by atoms with Gasteiger partial charge in [-0.15, -0.1) is 0 Å². The number of rotatable bonds is 8. The highest BCUT2D eigenvalue weighted by Crippen LogP contribution is 2.12. The summed E-state index contributed by atoms with van der Waals surface area (Å²) in [6.45, 7) is 3.69. The van der Waals surface area contributed by atoms with Crippen LogP contribution < -0.4 is 15.4 Å². The first kappa shape index (κ1) is 18.6. The van der Waals surface area contributed by atoms with Gasteiger partial charge in [0.05, 0.1) is 7.11 Å². The number of nitrogens with one attached hydrogen (secondary N) is 2. The third-order valence-corrected chi connectivity index (χ3v) is 4.85. The van der Waals surface area contributed by atoms with Crippen LogP contribution in [-0.2, 0) is 12.3 Å². The minimum absolute atomic E-state index is 0.696. The zero-order valence-corrected chi connectivity index (χ0v) is 15.8. The van der Waals surface area contributed by atoms with E-state index in [0.717, 1.165) is 23.8 Å². The smallest absolute Gasteiger partial charge is 0.166 e. The number of thiocarbonyl (C=S) groups is 1. The van der Waals surface area contributed by atoms with Gasteiger partial charge < -0.3 is 15.4 Å². The van der Waals surface area contributed by atoms with Gasteiger partial charge in [0.2, 0.25) is 0 Å². The molecule has 2 aromatic carbocycles. The van der Waals surface area contributed by atoms with Crippen molar-refractivity contribution >= 4 is 29.1 Å². The molecule has 128 valence electrons. The largest absolute Gasteiger partial charge is 0.497 e. The molecule has 0 aliphatic carbocycles. The van der Waals surface area contributed by atoms with Gasteiger partial charge in [0.1, 0.15) is 5.75 Å². The average Bonchev–Trinajstić information content (AvgIpc) is 2.61. The molecule has 0 amide bonds. The van der Waals surface area contributed by atoms with E-state index >= 15 is 0 Å². The van der Waals surface area contributed by atoms with Crippen molar-refractivity contribution in [3.05, 3.63) is 65.2 Å². The molecule has 0 radical (unpaired) electrons. The van der Waals surface area contributed by atoms with Gasteiger partial charge in [0.15, 0.2) is 5.11 Å². The molecular formula is C19H24N2OS2. The van der Waals surface area contributed by atoms with Crippen LogP contribution >= 0.6 is 24.0 Å². The maximum absolute atomic E-state index is 5.30.